The van der Waals surface area contributed by atoms with E-state index in [1.165, 1.54) is 17.3 Å². The van der Waals surface area contributed by atoms with E-state index in [0.717, 1.165) is 24.3 Å². The fourth-order valence-electron chi connectivity index (χ4n) is 4.68. The quantitative estimate of drug-likeness (QED) is 0.649. The topological polar surface area (TPSA) is 104 Å². The minimum atomic E-state index is -0.454. The molecule has 2 aliphatic heterocycles. The Balaban J connectivity index is 1.58. The molecule has 2 aliphatic rings. The summed E-state index contributed by atoms with van der Waals surface area (Å²) in [6, 6.07) is -0.0391. The van der Waals surface area contributed by atoms with E-state index in [1.807, 2.05) is 6.92 Å². The summed E-state index contributed by atoms with van der Waals surface area (Å²) in [6.45, 7) is 6.92. The van der Waals surface area contributed by atoms with Gasteiger partial charge in [0.05, 0.1) is 17.8 Å². The summed E-state index contributed by atoms with van der Waals surface area (Å²) < 4.78 is 9.60. The molecule has 10 nitrogen and oxygen atoms in total. The van der Waals surface area contributed by atoms with Crippen molar-refractivity contribution in [2.24, 2.45) is 5.92 Å². The number of ether oxygens (including phenoxy) is 1. The number of aryl methyl sites for hydroxylation is 1. The van der Waals surface area contributed by atoms with Crippen LogP contribution in [0.1, 0.15) is 32.1 Å². The Bertz CT molecular complexity index is 1080. The lowest BCUT2D eigenvalue weighted by Crippen LogP contribution is -2.48. The first-order valence-corrected chi connectivity index (χ1v) is 9.69. The van der Waals surface area contributed by atoms with Crippen LogP contribution in [-0.4, -0.2) is 52.5 Å². The Morgan fingerprint density at radius 3 is 2.83 bits per heavy atom. The molecule has 5 heterocycles. The van der Waals surface area contributed by atoms with E-state index in [-0.39, 0.29) is 23.3 Å². The van der Waals surface area contributed by atoms with Gasteiger partial charge in [-0.05, 0) is 13.3 Å². The summed E-state index contributed by atoms with van der Waals surface area (Å²) in [5, 5.41) is 4.08. The molecule has 2 bridgehead atoms. The summed E-state index contributed by atoms with van der Waals surface area (Å²) in [4.78, 5) is 32.1. The minimum absolute atomic E-state index is 0.0391. The van der Waals surface area contributed by atoms with Gasteiger partial charge in [-0.1, -0.05) is 13.8 Å². The van der Waals surface area contributed by atoms with Crippen molar-refractivity contribution in [3.63, 3.8) is 0 Å². The van der Waals surface area contributed by atoms with Crippen molar-refractivity contribution < 1.29 is 4.74 Å². The van der Waals surface area contributed by atoms with Gasteiger partial charge in [0.15, 0.2) is 12.0 Å². The number of rotatable bonds is 4. The lowest BCUT2D eigenvalue weighted by Gasteiger charge is -2.38. The van der Waals surface area contributed by atoms with Crippen molar-refractivity contribution in [3.8, 4) is 5.82 Å². The standard InChI is InChI=1S/C19H22N8O2/c1-4-19-9-26(14-7-20-5-6-22-14)15(13(19)3)17(29-19)25-8-12(2)16(24-18(25)28)27-11-21-10-23-27/h5-8,10-11,13,15,17H,4,9H2,1-3H3/t13-,15+,17+,19-/m0/s1. The van der Waals surface area contributed by atoms with Gasteiger partial charge >= 0.3 is 5.69 Å². The van der Waals surface area contributed by atoms with Crippen LogP contribution in [0.2, 0.25) is 0 Å². The van der Waals surface area contributed by atoms with Crippen LogP contribution in [0, 0.1) is 12.8 Å². The van der Waals surface area contributed by atoms with Crippen LogP contribution in [0.4, 0.5) is 5.82 Å². The molecule has 4 atom stereocenters. The van der Waals surface area contributed by atoms with Crippen LogP contribution >= 0.6 is 0 Å². The Labute approximate surface area is 167 Å². The fourth-order valence-corrected chi connectivity index (χ4v) is 4.68. The minimum Gasteiger partial charge on any atom is -0.347 e. The molecule has 150 valence electrons. The second kappa shape index (κ2) is 6.45. The van der Waals surface area contributed by atoms with Crippen LogP contribution in [0.3, 0.4) is 0 Å². The SMILES string of the molecule is CC[C@@]12CN(c3cnccn3)[C@@H]([C@H](n3cc(C)c(-n4cncn4)nc3=O)O1)[C@@H]2C. The van der Waals surface area contributed by atoms with Gasteiger partial charge in [-0.2, -0.15) is 10.1 Å². The van der Waals surface area contributed by atoms with Gasteiger partial charge in [-0.3, -0.25) is 9.55 Å². The molecule has 3 aromatic heterocycles. The van der Waals surface area contributed by atoms with Crippen LogP contribution in [-0.2, 0) is 4.74 Å². The van der Waals surface area contributed by atoms with Crippen LogP contribution in [0.15, 0.2) is 42.2 Å². The highest BCUT2D eigenvalue weighted by Crippen LogP contribution is 2.52. The molecule has 0 unspecified atom stereocenters. The lowest BCUT2D eigenvalue weighted by molar-refractivity contribution is -0.0951. The molecule has 2 fully saturated rings. The van der Waals surface area contributed by atoms with E-state index in [0.29, 0.717) is 5.82 Å². The Morgan fingerprint density at radius 2 is 2.17 bits per heavy atom. The average molecular weight is 394 g/mol. The molecule has 0 spiro atoms. The van der Waals surface area contributed by atoms with Gasteiger partial charge in [-0.25, -0.2) is 19.4 Å². The first-order chi connectivity index (χ1) is 14.0. The second-order valence-corrected chi connectivity index (χ2v) is 7.67. The molecule has 0 radical (unpaired) electrons. The zero-order valence-electron chi connectivity index (χ0n) is 16.5. The van der Waals surface area contributed by atoms with Crippen molar-refractivity contribution in [1.29, 1.82) is 0 Å². The van der Waals surface area contributed by atoms with Gasteiger partial charge in [0, 0.05) is 36.6 Å². The Kier molecular flexibility index (Phi) is 3.98. The molecule has 3 aromatic rings. The number of hydrogen-bond donors (Lipinski definition) is 0. The number of nitrogens with zero attached hydrogens (tertiary/aromatic N) is 8. The third-order valence-electron chi connectivity index (χ3n) is 6.25. The largest absolute Gasteiger partial charge is 0.351 e. The van der Waals surface area contributed by atoms with E-state index in [4.69, 9.17) is 4.74 Å². The summed E-state index contributed by atoms with van der Waals surface area (Å²) in [5.74, 6) is 1.49. The lowest BCUT2D eigenvalue weighted by atomic mass is 9.88. The van der Waals surface area contributed by atoms with E-state index in [1.54, 1.807) is 29.4 Å². The molecule has 0 N–H and O–H groups in total. The molecule has 0 amide bonds. The van der Waals surface area contributed by atoms with Crippen LogP contribution < -0.4 is 10.6 Å². The third kappa shape index (κ3) is 2.59. The molecule has 2 saturated heterocycles. The number of aromatic nitrogens is 7. The van der Waals surface area contributed by atoms with E-state index in [9.17, 15) is 4.79 Å². The molecule has 0 aromatic carbocycles. The normalized spacial score (nSPS) is 28.2. The van der Waals surface area contributed by atoms with E-state index >= 15 is 0 Å². The average Bonchev–Trinajstić information content (AvgIpc) is 3.44. The predicted molar refractivity (Wildman–Crippen MR) is 104 cm³/mol. The van der Waals surface area contributed by atoms with Gasteiger partial charge < -0.3 is 9.64 Å². The van der Waals surface area contributed by atoms with Gasteiger partial charge in [0.2, 0.25) is 0 Å². The first kappa shape index (κ1) is 17.9. The van der Waals surface area contributed by atoms with Gasteiger partial charge in [0.25, 0.3) is 0 Å². The monoisotopic (exact) mass is 394 g/mol. The van der Waals surface area contributed by atoms with Crippen molar-refractivity contribution in [2.75, 3.05) is 11.4 Å². The van der Waals surface area contributed by atoms with E-state index < -0.39 is 6.23 Å². The predicted octanol–water partition coefficient (Wildman–Crippen LogP) is 1.12. The Morgan fingerprint density at radius 1 is 1.31 bits per heavy atom. The molecule has 5 rings (SSSR count). The molecular formula is C19H22N8O2. The van der Waals surface area contributed by atoms with Crippen molar-refractivity contribution in [2.45, 2.75) is 45.1 Å². The summed E-state index contributed by atoms with van der Waals surface area (Å²) in [7, 11) is 0. The maximum Gasteiger partial charge on any atom is 0.351 e. The number of fused-ring (bicyclic) bond motifs is 2. The van der Waals surface area contributed by atoms with Gasteiger partial charge in [0.1, 0.15) is 18.5 Å². The van der Waals surface area contributed by atoms with E-state index in [2.05, 4.69) is 43.8 Å². The molecule has 0 saturated carbocycles. The smallest absolute Gasteiger partial charge is 0.347 e. The Hall–Kier alpha value is -3.14. The summed E-state index contributed by atoms with van der Waals surface area (Å²) >= 11 is 0. The number of hydrogen-bond acceptors (Lipinski definition) is 8. The second-order valence-electron chi connectivity index (χ2n) is 7.67. The molecular weight excluding hydrogens is 372 g/mol. The highest BCUT2D eigenvalue weighted by molar-refractivity contribution is 5.43. The van der Waals surface area contributed by atoms with Crippen LogP contribution in [0.5, 0.6) is 0 Å². The maximum absolute atomic E-state index is 13.0. The zero-order chi connectivity index (χ0) is 20.2. The first-order valence-electron chi connectivity index (χ1n) is 9.69. The summed E-state index contributed by atoms with van der Waals surface area (Å²) in [6.07, 6.45) is 10.2. The number of morpholine rings is 1. The van der Waals surface area contributed by atoms with Crippen LogP contribution in [0.25, 0.3) is 5.82 Å². The number of anilines is 1. The highest BCUT2D eigenvalue weighted by Gasteiger charge is 2.61. The highest BCUT2D eigenvalue weighted by atomic mass is 16.5. The third-order valence-corrected chi connectivity index (χ3v) is 6.25. The fraction of sp³-hybridized carbons (Fsp3) is 0.474. The zero-order valence-corrected chi connectivity index (χ0v) is 16.5. The van der Waals surface area contributed by atoms with Gasteiger partial charge in [-0.15, -0.1) is 0 Å². The van der Waals surface area contributed by atoms with Crippen molar-refractivity contribution >= 4 is 5.82 Å². The van der Waals surface area contributed by atoms with Crippen molar-refractivity contribution in [3.05, 3.63) is 53.5 Å². The maximum atomic E-state index is 13.0. The molecule has 0 aliphatic carbocycles. The molecule has 29 heavy (non-hydrogen) atoms. The van der Waals surface area contributed by atoms with Crippen molar-refractivity contribution in [1.82, 2.24) is 34.3 Å². The molecule has 10 heteroatoms. The summed E-state index contributed by atoms with van der Waals surface area (Å²) in [5.41, 5.74) is 0.0899.